The van der Waals surface area contributed by atoms with Gasteiger partial charge in [0.25, 0.3) is 0 Å². The van der Waals surface area contributed by atoms with Crippen molar-refractivity contribution in [1.82, 2.24) is 24.8 Å². The summed E-state index contributed by atoms with van der Waals surface area (Å²) in [6, 6.07) is 2.50. The van der Waals surface area contributed by atoms with E-state index in [1.807, 2.05) is 13.1 Å². The van der Waals surface area contributed by atoms with Crippen LogP contribution in [-0.4, -0.2) is 37.9 Å². The fraction of sp³-hybridized carbons (Fsp3) is 0.643. The van der Waals surface area contributed by atoms with Gasteiger partial charge in [0, 0.05) is 25.3 Å². The average Bonchev–Trinajstić information content (AvgIpc) is 3.09. The Bertz CT molecular complexity index is 574. The van der Waals surface area contributed by atoms with E-state index in [1.165, 1.54) is 5.69 Å². The molecule has 0 N–H and O–H groups in total. The standard InChI is InChI=1S/C14H21N5O/c1-10(2)19-13(4-6-15-19)9-18-7-5-12(8-18)14-16-11(3)17-20-14/h4,6,10,12H,5,7-9H2,1-3H3/t12-/m0/s1. The summed E-state index contributed by atoms with van der Waals surface area (Å²) in [7, 11) is 0. The van der Waals surface area contributed by atoms with Crippen molar-refractivity contribution in [2.24, 2.45) is 0 Å². The van der Waals surface area contributed by atoms with Crippen LogP contribution in [-0.2, 0) is 6.54 Å². The van der Waals surface area contributed by atoms with Gasteiger partial charge in [-0.3, -0.25) is 9.58 Å². The first kappa shape index (κ1) is 13.3. The lowest BCUT2D eigenvalue weighted by Crippen LogP contribution is -2.22. The van der Waals surface area contributed by atoms with E-state index in [1.54, 1.807) is 0 Å². The molecule has 0 radical (unpaired) electrons. The Balaban J connectivity index is 1.64. The summed E-state index contributed by atoms with van der Waals surface area (Å²) in [6.07, 6.45) is 2.96. The smallest absolute Gasteiger partial charge is 0.231 e. The highest BCUT2D eigenvalue weighted by Gasteiger charge is 2.28. The van der Waals surface area contributed by atoms with Crippen LogP contribution in [0.2, 0.25) is 0 Å². The van der Waals surface area contributed by atoms with Crippen molar-refractivity contribution in [3.8, 4) is 0 Å². The third-order valence-electron chi connectivity index (χ3n) is 3.79. The van der Waals surface area contributed by atoms with E-state index in [9.17, 15) is 0 Å². The Morgan fingerprint density at radius 3 is 3.00 bits per heavy atom. The van der Waals surface area contributed by atoms with Crippen LogP contribution in [0.1, 0.15) is 49.6 Å². The highest BCUT2D eigenvalue weighted by molar-refractivity contribution is 5.04. The van der Waals surface area contributed by atoms with Gasteiger partial charge >= 0.3 is 0 Å². The van der Waals surface area contributed by atoms with Crippen molar-refractivity contribution in [2.45, 2.75) is 45.7 Å². The molecule has 6 nitrogen and oxygen atoms in total. The van der Waals surface area contributed by atoms with Crippen LogP contribution in [0.3, 0.4) is 0 Å². The van der Waals surface area contributed by atoms with Crippen molar-refractivity contribution in [2.75, 3.05) is 13.1 Å². The van der Waals surface area contributed by atoms with Gasteiger partial charge in [0.15, 0.2) is 5.82 Å². The molecule has 1 aliphatic rings. The molecule has 2 aromatic heterocycles. The van der Waals surface area contributed by atoms with E-state index in [2.05, 4.69) is 44.7 Å². The lowest BCUT2D eigenvalue weighted by atomic mass is 10.1. The van der Waals surface area contributed by atoms with E-state index >= 15 is 0 Å². The summed E-state index contributed by atoms with van der Waals surface area (Å²) in [4.78, 5) is 6.78. The zero-order chi connectivity index (χ0) is 14.1. The fourth-order valence-electron chi connectivity index (χ4n) is 2.82. The molecule has 1 atom stereocenters. The third kappa shape index (κ3) is 2.60. The summed E-state index contributed by atoms with van der Waals surface area (Å²) >= 11 is 0. The molecule has 3 rings (SSSR count). The number of hydrogen-bond donors (Lipinski definition) is 0. The highest BCUT2D eigenvalue weighted by atomic mass is 16.5. The molecule has 1 aliphatic heterocycles. The molecule has 108 valence electrons. The Morgan fingerprint density at radius 2 is 2.30 bits per heavy atom. The van der Waals surface area contributed by atoms with Crippen LogP contribution in [0.25, 0.3) is 0 Å². The molecular formula is C14H21N5O. The maximum absolute atomic E-state index is 5.29. The SMILES string of the molecule is Cc1noc([C@H]2CCN(Cc3ccnn3C(C)C)C2)n1. The van der Waals surface area contributed by atoms with E-state index in [0.29, 0.717) is 12.0 Å². The molecule has 6 heteroatoms. The average molecular weight is 275 g/mol. The molecule has 20 heavy (non-hydrogen) atoms. The molecule has 0 aliphatic carbocycles. The lowest BCUT2D eigenvalue weighted by molar-refractivity contribution is 0.297. The van der Waals surface area contributed by atoms with Crippen molar-refractivity contribution in [3.05, 3.63) is 29.7 Å². The van der Waals surface area contributed by atoms with E-state index in [-0.39, 0.29) is 0 Å². The van der Waals surface area contributed by atoms with Gasteiger partial charge in [0.2, 0.25) is 5.89 Å². The molecule has 0 bridgehead atoms. The van der Waals surface area contributed by atoms with Crippen LogP contribution in [0.4, 0.5) is 0 Å². The van der Waals surface area contributed by atoms with Crippen LogP contribution in [0.15, 0.2) is 16.8 Å². The maximum atomic E-state index is 5.29. The van der Waals surface area contributed by atoms with Crippen molar-refractivity contribution >= 4 is 0 Å². The van der Waals surface area contributed by atoms with Crippen molar-refractivity contribution in [3.63, 3.8) is 0 Å². The predicted octanol–water partition coefficient (Wildman–Crippen LogP) is 2.14. The van der Waals surface area contributed by atoms with E-state index in [0.717, 1.165) is 37.8 Å². The number of aryl methyl sites for hydroxylation is 1. The van der Waals surface area contributed by atoms with Gasteiger partial charge in [-0.25, -0.2) is 0 Å². The van der Waals surface area contributed by atoms with E-state index < -0.39 is 0 Å². The Labute approximate surface area is 118 Å². The maximum Gasteiger partial charge on any atom is 0.231 e. The molecule has 1 saturated heterocycles. The minimum atomic E-state index is 0.367. The second kappa shape index (κ2) is 5.36. The number of hydrogen-bond acceptors (Lipinski definition) is 5. The Hall–Kier alpha value is -1.69. The molecule has 2 aromatic rings. The molecule has 0 saturated carbocycles. The monoisotopic (exact) mass is 275 g/mol. The Morgan fingerprint density at radius 1 is 1.45 bits per heavy atom. The summed E-state index contributed by atoms with van der Waals surface area (Å²) in [6.45, 7) is 9.15. The van der Waals surface area contributed by atoms with Gasteiger partial charge < -0.3 is 4.52 Å². The van der Waals surface area contributed by atoms with Gasteiger partial charge in [-0.1, -0.05) is 5.16 Å². The summed E-state index contributed by atoms with van der Waals surface area (Å²) < 4.78 is 7.38. The summed E-state index contributed by atoms with van der Waals surface area (Å²) in [5.74, 6) is 1.87. The third-order valence-corrected chi connectivity index (χ3v) is 3.79. The zero-order valence-corrected chi connectivity index (χ0v) is 12.3. The van der Waals surface area contributed by atoms with Gasteiger partial charge in [-0.2, -0.15) is 10.1 Å². The minimum Gasteiger partial charge on any atom is -0.339 e. The number of aromatic nitrogens is 4. The van der Waals surface area contributed by atoms with Gasteiger partial charge in [0.1, 0.15) is 0 Å². The van der Waals surface area contributed by atoms with Crippen LogP contribution >= 0.6 is 0 Å². The normalized spacial score (nSPS) is 20.1. The second-order valence-electron chi connectivity index (χ2n) is 5.76. The zero-order valence-electron chi connectivity index (χ0n) is 12.3. The molecule has 0 unspecified atom stereocenters. The predicted molar refractivity (Wildman–Crippen MR) is 74.3 cm³/mol. The van der Waals surface area contributed by atoms with Gasteiger partial charge in [-0.15, -0.1) is 0 Å². The van der Waals surface area contributed by atoms with Gasteiger partial charge in [-0.05, 0) is 39.8 Å². The van der Waals surface area contributed by atoms with E-state index in [4.69, 9.17) is 4.52 Å². The summed E-state index contributed by atoms with van der Waals surface area (Å²) in [5, 5.41) is 8.27. The fourth-order valence-corrected chi connectivity index (χ4v) is 2.82. The number of rotatable bonds is 4. The Kier molecular flexibility index (Phi) is 3.56. The van der Waals surface area contributed by atoms with Crippen LogP contribution in [0.5, 0.6) is 0 Å². The van der Waals surface area contributed by atoms with Crippen LogP contribution < -0.4 is 0 Å². The number of nitrogens with zero attached hydrogens (tertiary/aromatic N) is 5. The first-order valence-electron chi connectivity index (χ1n) is 7.18. The van der Waals surface area contributed by atoms with Gasteiger partial charge in [0.05, 0.1) is 11.6 Å². The second-order valence-corrected chi connectivity index (χ2v) is 5.76. The molecule has 0 aromatic carbocycles. The largest absolute Gasteiger partial charge is 0.339 e. The van der Waals surface area contributed by atoms with Crippen LogP contribution in [0, 0.1) is 6.92 Å². The topological polar surface area (TPSA) is 60.0 Å². The van der Waals surface area contributed by atoms with Crippen molar-refractivity contribution in [1.29, 1.82) is 0 Å². The minimum absolute atomic E-state index is 0.367. The molecule has 1 fully saturated rings. The summed E-state index contributed by atoms with van der Waals surface area (Å²) in [5.41, 5.74) is 1.27. The molecular weight excluding hydrogens is 254 g/mol. The first-order valence-corrected chi connectivity index (χ1v) is 7.18. The van der Waals surface area contributed by atoms with Crippen molar-refractivity contribution < 1.29 is 4.52 Å². The first-order chi connectivity index (χ1) is 9.63. The quantitative estimate of drug-likeness (QED) is 0.855. The molecule has 0 spiro atoms. The molecule has 3 heterocycles. The lowest BCUT2D eigenvalue weighted by Gasteiger charge is -2.17. The molecule has 0 amide bonds. The number of likely N-dealkylation sites (tertiary alicyclic amines) is 1. The highest BCUT2D eigenvalue weighted by Crippen LogP contribution is 2.27.